The van der Waals surface area contributed by atoms with E-state index in [1.54, 1.807) is 0 Å². The van der Waals surface area contributed by atoms with E-state index in [0.717, 1.165) is 11.6 Å². The summed E-state index contributed by atoms with van der Waals surface area (Å²) in [6.45, 7) is 1.25. The van der Waals surface area contributed by atoms with Crippen LogP contribution in [0.15, 0.2) is 34.2 Å². The van der Waals surface area contributed by atoms with Crippen molar-refractivity contribution in [1.29, 1.82) is 0 Å². The molecule has 156 valence electrons. The van der Waals surface area contributed by atoms with Crippen molar-refractivity contribution < 1.29 is 22.7 Å². The van der Waals surface area contributed by atoms with E-state index in [-0.39, 0.29) is 27.9 Å². The Morgan fingerprint density at radius 2 is 2.07 bits per heavy atom. The van der Waals surface area contributed by atoms with Gasteiger partial charge in [0.05, 0.1) is 17.4 Å². The number of ether oxygens (including phenoxy) is 1. The van der Waals surface area contributed by atoms with Gasteiger partial charge in [-0.1, -0.05) is 23.2 Å². The smallest absolute Gasteiger partial charge is 0.418 e. The number of carbonyl (C=O) groups excluding carboxylic acids is 1. The van der Waals surface area contributed by atoms with Crippen LogP contribution < -0.4 is 5.56 Å². The molecule has 0 spiro atoms. The number of halogens is 5. The minimum Gasteiger partial charge on any atom is -0.461 e. The van der Waals surface area contributed by atoms with E-state index < -0.39 is 28.8 Å². The molecule has 1 heterocycles. The van der Waals surface area contributed by atoms with E-state index >= 15 is 0 Å². The minimum atomic E-state index is -4.69. The number of benzene rings is 1. The Hall–Kier alpha value is -1.97. The van der Waals surface area contributed by atoms with Crippen LogP contribution in [0.4, 0.5) is 13.2 Å². The van der Waals surface area contributed by atoms with Crippen molar-refractivity contribution in [3.05, 3.63) is 61.5 Å². The van der Waals surface area contributed by atoms with Gasteiger partial charge in [0.2, 0.25) is 0 Å². The van der Waals surface area contributed by atoms with E-state index in [4.69, 9.17) is 27.9 Å². The molecule has 5 nitrogen and oxygen atoms in total. The van der Waals surface area contributed by atoms with Crippen LogP contribution in [0.3, 0.4) is 0 Å². The predicted molar refractivity (Wildman–Crippen MR) is 108 cm³/mol. The van der Waals surface area contributed by atoms with Crippen LogP contribution in [0, 0.1) is 6.92 Å². The van der Waals surface area contributed by atoms with Gasteiger partial charge in [0, 0.05) is 16.3 Å². The minimum absolute atomic E-state index is 0.155. The highest BCUT2D eigenvalue weighted by Gasteiger charge is 2.34. The summed E-state index contributed by atoms with van der Waals surface area (Å²) in [4.78, 5) is 24.2. The molecular formula is C18H15Cl2F3N2O3S. The molecular weight excluding hydrogens is 452 g/mol. The molecule has 0 fully saturated rings. The van der Waals surface area contributed by atoms with Crippen LogP contribution in [0.2, 0.25) is 5.02 Å². The van der Waals surface area contributed by atoms with Crippen molar-refractivity contribution in [2.45, 2.75) is 13.1 Å². The Bertz CT molecular complexity index is 1010. The Morgan fingerprint density at radius 3 is 2.69 bits per heavy atom. The fourth-order valence-corrected chi connectivity index (χ4v) is 2.86. The van der Waals surface area contributed by atoms with Gasteiger partial charge in [-0.3, -0.25) is 4.79 Å². The monoisotopic (exact) mass is 466 g/mol. The Labute approximate surface area is 178 Å². The summed E-state index contributed by atoms with van der Waals surface area (Å²) in [7, 11) is 0. The molecule has 1 aromatic heterocycles. The van der Waals surface area contributed by atoms with E-state index in [2.05, 4.69) is 5.10 Å². The topological polar surface area (TPSA) is 61.2 Å². The van der Waals surface area contributed by atoms with Gasteiger partial charge in [-0.25, -0.2) is 4.79 Å². The third-order valence-electron chi connectivity index (χ3n) is 3.75. The summed E-state index contributed by atoms with van der Waals surface area (Å²) in [5, 5.41) is 3.57. The van der Waals surface area contributed by atoms with Crippen LogP contribution in [0.5, 0.6) is 0 Å². The van der Waals surface area contributed by atoms with Gasteiger partial charge in [0.1, 0.15) is 11.6 Å². The zero-order valence-corrected chi connectivity index (χ0v) is 17.5. The molecule has 2 aromatic rings. The number of nitrogens with zero attached hydrogens (tertiary/aromatic N) is 2. The van der Waals surface area contributed by atoms with Gasteiger partial charge in [0.15, 0.2) is 0 Å². The first-order valence-electron chi connectivity index (χ1n) is 8.05. The Kier molecular flexibility index (Phi) is 7.79. The maximum Gasteiger partial charge on any atom is 0.418 e. The first-order valence-corrected chi connectivity index (χ1v) is 10.2. The highest BCUT2D eigenvalue weighted by Crippen LogP contribution is 2.30. The second-order valence-corrected chi connectivity index (χ2v) is 7.52. The summed E-state index contributed by atoms with van der Waals surface area (Å²) in [5.74, 6) is -0.142. The van der Waals surface area contributed by atoms with Crippen molar-refractivity contribution in [2.75, 3.05) is 18.6 Å². The first-order chi connectivity index (χ1) is 13.6. The number of rotatable bonds is 6. The maximum absolute atomic E-state index is 12.9. The lowest BCUT2D eigenvalue weighted by molar-refractivity contribution is -0.139. The van der Waals surface area contributed by atoms with Crippen LogP contribution in [-0.4, -0.2) is 34.4 Å². The number of aromatic nitrogens is 2. The standard InChI is InChI=1S/C18H15Cl2F3N2O3S/c1-10-13(18(21,22)23)9-24-25(16(10)26)12-3-4-14(19)11(7-12)8-15(20)17(27)28-5-6-29-2/h3-4,7-9H,5-6H2,1-2H3. The van der Waals surface area contributed by atoms with Gasteiger partial charge in [0.25, 0.3) is 5.56 Å². The molecule has 0 aliphatic rings. The molecule has 11 heteroatoms. The van der Waals surface area contributed by atoms with E-state index in [1.165, 1.54) is 36.0 Å². The average Bonchev–Trinajstić information content (AvgIpc) is 2.64. The molecule has 0 radical (unpaired) electrons. The SMILES string of the molecule is CSCCOC(=O)C(Cl)=Cc1cc(-n2ncc(C(F)(F)F)c(C)c2=O)ccc1Cl. The summed E-state index contributed by atoms with van der Waals surface area (Å²) < 4.78 is 44.6. The lowest BCUT2D eigenvalue weighted by Crippen LogP contribution is -2.27. The Morgan fingerprint density at radius 1 is 1.38 bits per heavy atom. The highest BCUT2D eigenvalue weighted by atomic mass is 35.5. The number of carbonyl (C=O) groups is 1. The summed E-state index contributed by atoms with van der Waals surface area (Å²) in [5.41, 5.74) is -2.11. The largest absolute Gasteiger partial charge is 0.461 e. The van der Waals surface area contributed by atoms with Crippen molar-refractivity contribution in [2.24, 2.45) is 0 Å². The number of alkyl halides is 3. The quantitative estimate of drug-likeness (QED) is 0.350. The molecule has 29 heavy (non-hydrogen) atoms. The summed E-state index contributed by atoms with van der Waals surface area (Å²) in [6.07, 6.45) is -1.00. The van der Waals surface area contributed by atoms with Crippen LogP contribution in [-0.2, 0) is 15.7 Å². The molecule has 0 saturated heterocycles. The lowest BCUT2D eigenvalue weighted by atomic mass is 10.1. The van der Waals surface area contributed by atoms with E-state index in [9.17, 15) is 22.8 Å². The van der Waals surface area contributed by atoms with Crippen LogP contribution in [0.1, 0.15) is 16.7 Å². The first kappa shape index (κ1) is 23.3. The maximum atomic E-state index is 12.9. The normalized spacial score (nSPS) is 12.2. The lowest BCUT2D eigenvalue weighted by Gasteiger charge is -2.12. The van der Waals surface area contributed by atoms with Crippen LogP contribution >= 0.6 is 35.0 Å². The van der Waals surface area contributed by atoms with Crippen molar-refractivity contribution >= 4 is 47.0 Å². The van der Waals surface area contributed by atoms with Gasteiger partial charge in [-0.05, 0) is 43.0 Å². The third kappa shape index (κ3) is 5.77. The summed E-state index contributed by atoms with van der Waals surface area (Å²) in [6, 6.07) is 4.19. The number of hydrogen-bond donors (Lipinski definition) is 0. The number of esters is 1. The van der Waals surface area contributed by atoms with Gasteiger partial charge >= 0.3 is 12.1 Å². The predicted octanol–water partition coefficient (Wildman–Crippen LogP) is 4.70. The molecule has 1 aromatic carbocycles. The van der Waals surface area contributed by atoms with E-state index in [0.29, 0.717) is 11.9 Å². The molecule has 2 rings (SSSR count). The second-order valence-electron chi connectivity index (χ2n) is 5.72. The molecule has 0 amide bonds. The van der Waals surface area contributed by atoms with E-state index in [1.807, 2.05) is 6.26 Å². The van der Waals surface area contributed by atoms with Crippen LogP contribution in [0.25, 0.3) is 11.8 Å². The highest BCUT2D eigenvalue weighted by molar-refractivity contribution is 7.98. The molecule has 0 aliphatic heterocycles. The molecule has 0 saturated carbocycles. The van der Waals surface area contributed by atoms with Gasteiger partial charge in [-0.15, -0.1) is 0 Å². The van der Waals surface area contributed by atoms with Gasteiger partial charge < -0.3 is 4.74 Å². The second kappa shape index (κ2) is 9.69. The van der Waals surface area contributed by atoms with Crippen molar-refractivity contribution in [3.63, 3.8) is 0 Å². The van der Waals surface area contributed by atoms with Crippen molar-refractivity contribution in [3.8, 4) is 5.69 Å². The molecule has 0 unspecified atom stereocenters. The fraction of sp³-hybridized carbons (Fsp3) is 0.278. The zero-order chi connectivity index (χ0) is 21.8. The average molecular weight is 467 g/mol. The third-order valence-corrected chi connectivity index (χ3v) is 4.93. The zero-order valence-electron chi connectivity index (χ0n) is 15.2. The van der Waals surface area contributed by atoms with Crippen molar-refractivity contribution in [1.82, 2.24) is 9.78 Å². The molecule has 0 N–H and O–H groups in total. The van der Waals surface area contributed by atoms with Gasteiger partial charge in [-0.2, -0.15) is 34.7 Å². The Balaban J connectivity index is 2.41. The molecule has 0 aliphatic carbocycles. The molecule has 0 bridgehead atoms. The fourth-order valence-electron chi connectivity index (χ4n) is 2.26. The summed E-state index contributed by atoms with van der Waals surface area (Å²) >= 11 is 13.6. The number of hydrogen-bond acceptors (Lipinski definition) is 5. The molecule has 0 atom stereocenters. The number of thioether (sulfide) groups is 1.